The summed E-state index contributed by atoms with van der Waals surface area (Å²) in [6.07, 6.45) is 5.52. The maximum Gasteiger partial charge on any atom is 0.255 e. The molecule has 7 aliphatic rings. The number of ether oxygens (including phenoxy) is 1. The topological polar surface area (TPSA) is 195 Å². The van der Waals surface area contributed by atoms with Crippen LogP contribution in [0, 0.1) is 11.3 Å². The summed E-state index contributed by atoms with van der Waals surface area (Å²) in [7, 11) is 1.52. The van der Waals surface area contributed by atoms with Crippen molar-refractivity contribution in [3.63, 3.8) is 0 Å². The third-order valence-corrected chi connectivity index (χ3v) is 15.7. The van der Waals surface area contributed by atoms with Crippen LogP contribution >= 0.6 is 11.6 Å². The van der Waals surface area contributed by atoms with E-state index in [2.05, 4.69) is 36.8 Å². The van der Waals surface area contributed by atoms with E-state index >= 15 is 4.39 Å². The molecular formula is C51H55ClFN11O6. The monoisotopic (exact) mass is 971 g/mol. The van der Waals surface area contributed by atoms with E-state index in [0.717, 1.165) is 61.4 Å². The van der Waals surface area contributed by atoms with Gasteiger partial charge in [0.25, 0.3) is 5.91 Å². The molecular weight excluding hydrogens is 917 g/mol. The number of nitrogens with zero attached hydrogens (tertiary/aromatic N) is 8. The van der Waals surface area contributed by atoms with Crippen LogP contribution in [-0.4, -0.2) is 131 Å². The molecule has 6 aliphatic heterocycles. The second-order valence-electron chi connectivity index (χ2n) is 20.3. The van der Waals surface area contributed by atoms with Gasteiger partial charge in [0.1, 0.15) is 35.1 Å². The highest BCUT2D eigenvalue weighted by Gasteiger charge is 2.47. The van der Waals surface area contributed by atoms with E-state index in [1.165, 1.54) is 7.05 Å². The van der Waals surface area contributed by atoms with Crippen molar-refractivity contribution in [2.24, 2.45) is 16.3 Å². The normalized spacial score (nSPS) is 24.6. The minimum absolute atomic E-state index is 0.0464. The lowest BCUT2D eigenvalue weighted by Crippen LogP contribution is -2.52. The van der Waals surface area contributed by atoms with Gasteiger partial charge < -0.3 is 30.1 Å². The molecule has 2 aromatic heterocycles. The number of piperidine rings is 2. The van der Waals surface area contributed by atoms with Crippen LogP contribution < -0.4 is 36.5 Å². The Morgan fingerprint density at radius 3 is 2.59 bits per heavy atom. The van der Waals surface area contributed by atoms with Crippen molar-refractivity contribution in [1.29, 1.82) is 0 Å². The summed E-state index contributed by atoms with van der Waals surface area (Å²) in [5.41, 5.74) is 4.76. The maximum atomic E-state index is 16.8. The Morgan fingerprint density at radius 1 is 1.00 bits per heavy atom. The number of aromatic nitrogens is 3. The SMILES string of the molecule is CNC(=O)COC1C=c2nc3c(cc2C(C(C)C)C1=O)=Nc1cccc(Nc2nc(N4CCC(F)(CN5CCC6(CCN(c7ccc8c(c7)CN(C7CCC(=O)NC7=O)C8=O)C6)C5)CC4)ncc2Cl)c1-3. The molecule has 0 saturated carbocycles. The Labute approximate surface area is 408 Å². The Bertz CT molecular complexity index is 3000. The van der Waals surface area contributed by atoms with Gasteiger partial charge in [0, 0.05) is 88.8 Å². The van der Waals surface area contributed by atoms with Crippen molar-refractivity contribution >= 4 is 75.9 Å². The fourth-order valence-corrected chi connectivity index (χ4v) is 11.8. The first-order valence-corrected chi connectivity index (χ1v) is 24.6. The number of halogens is 2. The number of Topliss-reactive ketones (excluding diaryl/α,β-unsaturated/α-hetero) is 1. The highest BCUT2D eigenvalue weighted by Crippen LogP contribution is 2.44. The summed E-state index contributed by atoms with van der Waals surface area (Å²) in [6.45, 7) is 8.69. The molecule has 364 valence electrons. The Morgan fingerprint density at radius 2 is 1.80 bits per heavy atom. The number of hydrogen-bond acceptors (Lipinski definition) is 14. The number of benzene rings is 2. The molecule has 4 aromatic rings. The van der Waals surface area contributed by atoms with E-state index in [1.54, 1.807) is 17.2 Å². The second kappa shape index (κ2) is 17.8. The minimum atomic E-state index is -1.36. The molecule has 4 unspecified atom stereocenters. The molecule has 17 nitrogen and oxygen atoms in total. The molecule has 1 aliphatic carbocycles. The van der Waals surface area contributed by atoms with Crippen LogP contribution in [-0.2, 0) is 30.5 Å². The van der Waals surface area contributed by atoms with Crippen molar-refractivity contribution in [1.82, 2.24) is 35.4 Å². The number of amides is 4. The Hall–Kier alpha value is -6.37. The smallest absolute Gasteiger partial charge is 0.255 e. The first-order valence-electron chi connectivity index (χ1n) is 24.3. The summed E-state index contributed by atoms with van der Waals surface area (Å²) in [5.74, 6) is -1.04. The first-order chi connectivity index (χ1) is 33.7. The number of likely N-dealkylation sites (tertiary alicyclic amines) is 1. The van der Waals surface area contributed by atoms with E-state index in [0.29, 0.717) is 95.6 Å². The van der Waals surface area contributed by atoms with Crippen LogP contribution in [0.5, 0.6) is 0 Å². The maximum absolute atomic E-state index is 16.8. The minimum Gasteiger partial charge on any atom is -0.371 e. The fraction of sp³-hybridized carbons (Fsp3) is 0.471. The second-order valence-corrected chi connectivity index (χ2v) is 20.7. The third-order valence-electron chi connectivity index (χ3n) is 15.4. The zero-order valence-corrected chi connectivity index (χ0v) is 40.2. The van der Waals surface area contributed by atoms with Gasteiger partial charge >= 0.3 is 0 Å². The number of anilines is 4. The van der Waals surface area contributed by atoms with Gasteiger partial charge in [-0.15, -0.1) is 0 Å². The van der Waals surface area contributed by atoms with Crippen molar-refractivity contribution < 1.29 is 33.1 Å². The van der Waals surface area contributed by atoms with Crippen LogP contribution in [0.15, 0.2) is 53.7 Å². The van der Waals surface area contributed by atoms with Crippen LogP contribution in [0.3, 0.4) is 0 Å². The average molecular weight is 973 g/mol. The van der Waals surface area contributed by atoms with Gasteiger partial charge in [-0.2, -0.15) is 4.98 Å². The van der Waals surface area contributed by atoms with Crippen molar-refractivity contribution in [2.75, 3.05) is 74.6 Å². The molecule has 19 heteroatoms. The van der Waals surface area contributed by atoms with Gasteiger partial charge in [-0.05, 0) is 85.3 Å². The van der Waals surface area contributed by atoms with Gasteiger partial charge in [0.2, 0.25) is 23.7 Å². The molecule has 1 spiro atoms. The average Bonchev–Trinajstić information content (AvgIpc) is 4.12. The Kier molecular flexibility index (Phi) is 11.7. The largest absolute Gasteiger partial charge is 0.371 e. The molecule has 3 N–H and O–H groups in total. The molecule has 4 fully saturated rings. The standard InChI is InChI=1S/C51H55ClFN11O6/c1-28(2)42-32-20-37-44(57-36(32)21-39(45(42)67)70-24-41(66)54-3)43-34(56-37)5-4-6-35(43)58-46-33(52)22-55-49(60-46)62-17-13-51(53,14-18-62)27-61-15-11-50(25-61)12-16-63(26-50)30-7-8-31-29(19-30)23-64(48(31)69)38-9-10-40(65)59-47(38)68/h4-8,19-22,28,38-39,42H,9-18,23-27H2,1-3H3,(H,54,66)(H,55,58,60)(H,59,65,68). The van der Waals surface area contributed by atoms with Crippen molar-refractivity contribution in [3.05, 3.63) is 81.1 Å². The first kappa shape index (κ1) is 46.0. The van der Waals surface area contributed by atoms with E-state index in [-0.39, 0.29) is 47.9 Å². The lowest BCUT2D eigenvalue weighted by Gasteiger charge is -2.38. The lowest BCUT2D eigenvalue weighted by molar-refractivity contribution is -0.137. The number of ketones is 1. The number of imide groups is 1. The van der Waals surface area contributed by atoms with Gasteiger partial charge in [0.15, 0.2) is 11.6 Å². The number of pyridine rings is 1. The van der Waals surface area contributed by atoms with Gasteiger partial charge in [-0.25, -0.2) is 19.4 Å². The summed E-state index contributed by atoms with van der Waals surface area (Å²) in [5, 5.41) is 9.88. The van der Waals surface area contributed by atoms with Crippen molar-refractivity contribution in [2.45, 2.75) is 82.6 Å². The quantitative estimate of drug-likeness (QED) is 0.160. The summed E-state index contributed by atoms with van der Waals surface area (Å²) < 4.78 is 22.6. The van der Waals surface area contributed by atoms with Crippen LogP contribution in [0.1, 0.15) is 79.8 Å². The number of likely N-dealkylation sites (N-methyl/N-ethyl adjacent to an activating group) is 1. The molecule has 11 rings (SSSR count). The third kappa shape index (κ3) is 8.36. The number of nitrogens with one attached hydrogen (secondary N) is 3. The van der Waals surface area contributed by atoms with E-state index in [9.17, 15) is 24.0 Å². The number of rotatable bonds is 11. The molecule has 70 heavy (non-hydrogen) atoms. The van der Waals surface area contributed by atoms with Crippen LogP contribution in [0.25, 0.3) is 17.3 Å². The Balaban J connectivity index is 0.727. The fourth-order valence-electron chi connectivity index (χ4n) is 11.7. The highest BCUT2D eigenvalue weighted by molar-refractivity contribution is 6.33. The van der Waals surface area contributed by atoms with E-state index in [1.807, 2.05) is 55.1 Å². The summed E-state index contributed by atoms with van der Waals surface area (Å²) in [6, 6.07) is 12.9. The predicted octanol–water partition coefficient (Wildman–Crippen LogP) is 4.11. The van der Waals surface area contributed by atoms with E-state index < -0.39 is 29.6 Å². The van der Waals surface area contributed by atoms with E-state index in [4.69, 9.17) is 31.3 Å². The van der Waals surface area contributed by atoms with Gasteiger partial charge in [-0.3, -0.25) is 34.2 Å². The molecule has 4 atom stereocenters. The van der Waals surface area contributed by atoms with Crippen LogP contribution in [0.2, 0.25) is 5.02 Å². The van der Waals surface area contributed by atoms with Crippen molar-refractivity contribution in [3.8, 4) is 11.3 Å². The molecule has 8 heterocycles. The number of alkyl halides is 1. The van der Waals surface area contributed by atoms with Gasteiger partial charge in [-0.1, -0.05) is 31.5 Å². The molecule has 4 saturated heterocycles. The summed E-state index contributed by atoms with van der Waals surface area (Å²) in [4.78, 5) is 90.9. The van der Waals surface area contributed by atoms with Crippen LogP contribution in [0.4, 0.5) is 33.2 Å². The predicted molar refractivity (Wildman–Crippen MR) is 259 cm³/mol. The number of hydrogen-bond donors (Lipinski definition) is 3. The highest BCUT2D eigenvalue weighted by atomic mass is 35.5. The zero-order chi connectivity index (χ0) is 48.6. The number of carbonyl (C=O) groups excluding carboxylic acids is 5. The number of fused-ring (bicyclic) bond motifs is 5. The summed E-state index contributed by atoms with van der Waals surface area (Å²) >= 11 is 6.74. The molecule has 0 bridgehead atoms. The zero-order valence-electron chi connectivity index (χ0n) is 39.4. The molecule has 4 amide bonds. The molecule has 2 aromatic carbocycles. The lowest BCUT2D eigenvalue weighted by atomic mass is 9.79. The molecule has 0 radical (unpaired) electrons. The van der Waals surface area contributed by atoms with Gasteiger partial charge in [0.05, 0.1) is 39.8 Å². The number of carbonyl (C=O) groups is 5.